The van der Waals surface area contributed by atoms with Crippen molar-refractivity contribution < 1.29 is 0 Å². The van der Waals surface area contributed by atoms with Crippen LogP contribution in [-0.2, 0) is 0 Å². The van der Waals surface area contributed by atoms with Gasteiger partial charge in [0.25, 0.3) is 0 Å². The third kappa shape index (κ3) is 2.77. The van der Waals surface area contributed by atoms with Gasteiger partial charge >= 0.3 is 0 Å². The molecule has 1 aliphatic heterocycles. The fourth-order valence-corrected chi connectivity index (χ4v) is 3.35. The normalized spacial score (nSPS) is 24.2. The van der Waals surface area contributed by atoms with Crippen LogP contribution in [0.5, 0.6) is 0 Å². The van der Waals surface area contributed by atoms with Gasteiger partial charge in [-0.1, -0.05) is 56.7 Å². The molecule has 21 heavy (non-hydrogen) atoms. The van der Waals surface area contributed by atoms with Gasteiger partial charge in [-0.25, -0.2) is 0 Å². The molecule has 0 bridgehead atoms. The third-order valence-electron chi connectivity index (χ3n) is 5.01. The van der Waals surface area contributed by atoms with Crippen LogP contribution in [0.25, 0.3) is 10.8 Å². The van der Waals surface area contributed by atoms with Crippen LogP contribution in [0.4, 0.5) is 5.69 Å². The maximum Gasteiger partial charge on any atom is 0.0449 e. The first-order valence-corrected chi connectivity index (χ1v) is 8.18. The smallest absolute Gasteiger partial charge is 0.0449 e. The molecule has 0 radical (unpaired) electrons. The maximum atomic E-state index is 3.73. The van der Waals surface area contributed by atoms with Crippen molar-refractivity contribution in [2.75, 3.05) is 18.0 Å². The second-order valence-corrected chi connectivity index (χ2v) is 6.40. The fraction of sp³-hybridized carbons (Fsp3) is 0.474. The number of anilines is 1. The van der Waals surface area contributed by atoms with E-state index in [-0.39, 0.29) is 0 Å². The van der Waals surface area contributed by atoms with Gasteiger partial charge < -0.3 is 10.2 Å². The molecule has 0 saturated carbocycles. The first kappa shape index (κ1) is 14.4. The van der Waals surface area contributed by atoms with Crippen LogP contribution in [0.15, 0.2) is 42.5 Å². The Bertz CT molecular complexity index is 602. The van der Waals surface area contributed by atoms with Crippen molar-refractivity contribution in [1.29, 1.82) is 0 Å². The number of benzene rings is 2. The van der Waals surface area contributed by atoms with Gasteiger partial charge in [-0.05, 0) is 24.3 Å². The maximum absolute atomic E-state index is 3.73. The Kier molecular flexibility index (Phi) is 4.16. The molecule has 1 aliphatic rings. The summed E-state index contributed by atoms with van der Waals surface area (Å²) in [7, 11) is 0. The molecule has 1 saturated heterocycles. The van der Waals surface area contributed by atoms with Gasteiger partial charge in [-0.3, -0.25) is 0 Å². The highest BCUT2D eigenvalue weighted by Gasteiger charge is 2.28. The zero-order chi connectivity index (χ0) is 14.8. The highest BCUT2D eigenvalue weighted by molar-refractivity contribution is 5.94. The van der Waals surface area contributed by atoms with Gasteiger partial charge in [0.1, 0.15) is 0 Å². The molecule has 2 aromatic carbocycles. The van der Waals surface area contributed by atoms with Crippen LogP contribution in [0.1, 0.15) is 27.2 Å². The zero-order valence-corrected chi connectivity index (χ0v) is 13.3. The highest BCUT2D eigenvalue weighted by Crippen LogP contribution is 2.30. The lowest BCUT2D eigenvalue weighted by atomic mass is 9.94. The Balaban J connectivity index is 1.96. The van der Waals surface area contributed by atoms with E-state index in [1.807, 2.05) is 0 Å². The van der Waals surface area contributed by atoms with Crippen molar-refractivity contribution in [3.05, 3.63) is 42.5 Å². The summed E-state index contributed by atoms with van der Waals surface area (Å²) in [6.07, 6.45) is 1.23. The number of fused-ring (bicyclic) bond motifs is 1. The molecule has 1 N–H and O–H groups in total. The Morgan fingerprint density at radius 2 is 1.95 bits per heavy atom. The molecule has 3 unspecified atom stereocenters. The molecule has 0 aliphatic carbocycles. The summed E-state index contributed by atoms with van der Waals surface area (Å²) in [5.74, 6) is 0.718. The van der Waals surface area contributed by atoms with Crippen LogP contribution in [-0.4, -0.2) is 25.2 Å². The molecule has 3 atom stereocenters. The number of hydrogen-bond donors (Lipinski definition) is 1. The molecule has 2 aromatic rings. The van der Waals surface area contributed by atoms with Crippen LogP contribution < -0.4 is 10.2 Å². The van der Waals surface area contributed by atoms with Gasteiger partial charge in [0.2, 0.25) is 0 Å². The lowest BCUT2D eigenvalue weighted by molar-refractivity contribution is 0.316. The van der Waals surface area contributed by atoms with Crippen molar-refractivity contribution in [2.45, 2.75) is 39.3 Å². The molecule has 3 rings (SSSR count). The summed E-state index contributed by atoms with van der Waals surface area (Å²) in [6.45, 7) is 9.13. The summed E-state index contributed by atoms with van der Waals surface area (Å²) < 4.78 is 0. The minimum absolute atomic E-state index is 0.538. The van der Waals surface area contributed by atoms with Crippen molar-refractivity contribution >= 4 is 16.5 Å². The molecule has 0 spiro atoms. The van der Waals surface area contributed by atoms with E-state index in [2.05, 4.69) is 73.5 Å². The average molecular weight is 282 g/mol. The lowest BCUT2D eigenvalue weighted by Crippen LogP contribution is -2.57. The summed E-state index contributed by atoms with van der Waals surface area (Å²) in [4.78, 5) is 2.59. The third-order valence-corrected chi connectivity index (χ3v) is 5.01. The second kappa shape index (κ2) is 6.07. The van der Waals surface area contributed by atoms with E-state index in [0.29, 0.717) is 12.1 Å². The van der Waals surface area contributed by atoms with Crippen molar-refractivity contribution in [3.63, 3.8) is 0 Å². The molecule has 0 aromatic heterocycles. The molecule has 1 fully saturated rings. The summed E-state index contributed by atoms with van der Waals surface area (Å²) in [5.41, 5.74) is 1.38. The van der Waals surface area contributed by atoms with Crippen LogP contribution >= 0.6 is 0 Å². The lowest BCUT2D eigenvalue weighted by Gasteiger charge is -2.42. The zero-order valence-electron chi connectivity index (χ0n) is 13.3. The largest absolute Gasteiger partial charge is 0.365 e. The first-order valence-electron chi connectivity index (χ1n) is 8.18. The van der Waals surface area contributed by atoms with Crippen molar-refractivity contribution in [1.82, 2.24) is 5.32 Å². The SMILES string of the molecule is CCC(C)C1CN(c2cccc3ccccc23)C(C)CN1. The Morgan fingerprint density at radius 1 is 1.19 bits per heavy atom. The van der Waals surface area contributed by atoms with Gasteiger partial charge in [0, 0.05) is 36.2 Å². The standard InChI is InChI=1S/C19H26N2/c1-4-14(2)18-13-21(15(3)12-20-18)19-11-7-9-16-8-5-6-10-17(16)19/h5-11,14-15,18,20H,4,12-13H2,1-3H3. The number of nitrogens with one attached hydrogen (secondary N) is 1. The number of hydrogen-bond acceptors (Lipinski definition) is 2. The van der Waals surface area contributed by atoms with Crippen molar-refractivity contribution in [3.8, 4) is 0 Å². The van der Waals surface area contributed by atoms with E-state index >= 15 is 0 Å². The monoisotopic (exact) mass is 282 g/mol. The first-order chi connectivity index (χ1) is 10.2. The minimum atomic E-state index is 0.538. The van der Waals surface area contributed by atoms with Crippen LogP contribution in [0.3, 0.4) is 0 Å². The Morgan fingerprint density at radius 3 is 2.76 bits per heavy atom. The van der Waals surface area contributed by atoms with E-state index in [4.69, 9.17) is 0 Å². The molecular formula is C19H26N2. The number of rotatable bonds is 3. The fourth-order valence-electron chi connectivity index (χ4n) is 3.35. The van der Waals surface area contributed by atoms with E-state index < -0.39 is 0 Å². The van der Waals surface area contributed by atoms with Crippen molar-refractivity contribution in [2.24, 2.45) is 5.92 Å². The van der Waals surface area contributed by atoms with E-state index in [1.54, 1.807) is 0 Å². The Hall–Kier alpha value is -1.54. The quantitative estimate of drug-likeness (QED) is 0.913. The molecule has 112 valence electrons. The average Bonchev–Trinajstić information content (AvgIpc) is 2.54. The predicted molar refractivity (Wildman–Crippen MR) is 92.0 cm³/mol. The number of nitrogens with zero attached hydrogens (tertiary/aromatic N) is 1. The van der Waals surface area contributed by atoms with E-state index in [0.717, 1.165) is 19.0 Å². The van der Waals surface area contributed by atoms with Gasteiger partial charge in [0.15, 0.2) is 0 Å². The highest BCUT2D eigenvalue weighted by atomic mass is 15.2. The molecule has 2 heteroatoms. The van der Waals surface area contributed by atoms with E-state index in [1.165, 1.54) is 22.9 Å². The molecule has 0 amide bonds. The van der Waals surface area contributed by atoms with Crippen LogP contribution in [0, 0.1) is 5.92 Å². The Labute approximate surface area is 128 Å². The molecule has 2 nitrogen and oxygen atoms in total. The topological polar surface area (TPSA) is 15.3 Å². The summed E-state index contributed by atoms with van der Waals surface area (Å²) in [6, 6.07) is 16.5. The van der Waals surface area contributed by atoms with E-state index in [9.17, 15) is 0 Å². The summed E-state index contributed by atoms with van der Waals surface area (Å²) in [5, 5.41) is 6.43. The van der Waals surface area contributed by atoms with Gasteiger partial charge in [-0.2, -0.15) is 0 Å². The predicted octanol–water partition coefficient (Wildman–Crippen LogP) is 4.05. The summed E-state index contributed by atoms with van der Waals surface area (Å²) >= 11 is 0. The minimum Gasteiger partial charge on any atom is -0.365 e. The van der Waals surface area contributed by atoms with Gasteiger partial charge in [0.05, 0.1) is 0 Å². The number of piperazine rings is 1. The second-order valence-electron chi connectivity index (χ2n) is 6.40. The van der Waals surface area contributed by atoms with Crippen LogP contribution in [0.2, 0.25) is 0 Å². The van der Waals surface area contributed by atoms with Gasteiger partial charge in [-0.15, -0.1) is 0 Å². The molecular weight excluding hydrogens is 256 g/mol. The molecule has 1 heterocycles.